The SMILES string of the molecule is CN(c1ncnc2[nH]ccc12)[C@H]1C[C@@H]2CN(CC3CC3)C[C@@H]2C1. The van der Waals surface area contributed by atoms with Crippen molar-refractivity contribution in [1.29, 1.82) is 0 Å². The molecule has 3 heterocycles. The topological polar surface area (TPSA) is 48.1 Å². The number of nitrogens with zero attached hydrogens (tertiary/aromatic N) is 4. The Labute approximate surface area is 137 Å². The first-order valence-electron chi connectivity index (χ1n) is 9.01. The minimum Gasteiger partial charge on any atom is -0.356 e. The highest BCUT2D eigenvalue weighted by Gasteiger charge is 2.43. The van der Waals surface area contributed by atoms with Crippen molar-refractivity contribution in [2.75, 3.05) is 31.6 Å². The van der Waals surface area contributed by atoms with E-state index < -0.39 is 0 Å². The molecule has 2 saturated carbocycles. The van der Waals surface area contributed by atoms with Crippen LogP contribution < -0.4 is 4.90 Å². The normalized spacial score (nSPS) is 30.9. The van der Waals surface area contributed by atoms with Gasteiger partial charge in [0.2, 0.25) is 0 Å². The number of rotatable bonds is 4. The highest BCUT2D eigenvalue weighted by Crippen LogP contribution is 2.42. The van der Waals surface area contributed by atoms with Crippen molar-refractivity contribution in [2.45, 2.75) is 31.7 Å². The second kappa shape index (κ2) is 5.20. The second-order valence-electron chi connectivity index (χ2n) is 7.86. The summed E-state index contributed by atoms with van der Waals surface area (Å²) in [6.45, 7) is 4.02. The third-order valence-electron chi connectivity index (χ3n) is 6.23. The van der Waals surface area contributed by atoms with E-state index in [1.54, 1.807) is 6.33 Å². The maximum absolute atomic E-state index is 4.56. The van der Waals surface area contributed by atoms with Gasteiger partial charge in [-0.1, -0.05) is 0 Å². The van der Waals surface area contributed by atoms with Crippen LogP contribution in [0.2, 0.25) is 0 Å². The van der Waals surface area contributed by atoms with Crippen LogP contribution in [0.4, 0.5) is 5.82 Å². The van der Waals surface area contributed by atoms with Crippen molar-refractivity contribution in [3.63, 3.8) is 0 Å². The molecule has 0 aromatic carbocycles. The van der Waals surface area contributed by atoms with Crippen molar-refractivity contribution in [3.8, 4) is 0 Å². The van der Waals surface area contributed by atoms with Crippen LogP contribution >= 0.6 is 0 Å². The van der Waals surface area contributed by atoms with Crippen LogP contribution in [-0.2, 0) is 0 Å². The minimum atomic E-state index is 0.626. The number of aromatic amines is 1. The number of H-pyrrole nitrogens is 1. The lowest BCUT2D eigenvalue weighted by atomic mass is 10.0. The molecule has 3 aliphatic rings. The molecule has 122 valence electrons. The first kappa shape index (κ1) is 13.8. The van der Waals surface area contributed by atoms with Crippen LogP contribution in [0.1, 0.15) is 25.7 Å². The molecule has 2 aromatic heterocycles. The van der Waals surface area contributed by atoms with E-state index >= 15 is 0 Å². The van der Waals surface area contributed by atoms with Crippen molar-refractivity contribution < 1.29 is 0 Å². The summed E-state index contributed by atoms with van der Waals surface area (Å²) in [5.74, 6) is 3.89. The zero-order valence-electron chi connectivity index (χ0n) is 13.8. The van der Waals surface area contributed by atoms with Crippen LogP contribution in [0.25, 0.3) is 11.0 Å². The Morgan fingerprint density at radius 1 is 1.22 bits per heavy atom. The molecule has 1 N–H and O–H groups in total. The van der Waals surface area contributed by atoms with Gasteiger partial charge < -0.3 is 14.8 Å². The van der Waals surface area contributed by atoms with Gasteiger partial charge in [0.05, 0.1) is 5.39 Å². The van der Waals surface area contributed by atoms with Gasteiger partial charge in [-0.2, -0.15) is 0 Å². The fourth-order valence-electron chi connectivity index (χ4n) is 4.81. The summed E-state index contributed by atoms with van der Waals surface area (Å²) in [5, 5.41) is 1.14. The second-order valence-corrected chi connectivity index (χ2v) is 7.86. The van der Waals surface area contributed by atoms with Crippen LogP contribution in [0.15, 0.2) is 18.6 Å². The van der Waals surface area contributed by atoms with Gasteiger partial charge in [-0.25, -0.2) is 9.97 Å². The molecule has 5 heteroatoms. The molecule has 0 bridgehead atoms. The fraction of sp³-hybridized carbons (Fsp3) is 0.667. The lowest BCUT2D eigenvalue weighted by Crippen LogP contribution is -2.33. The Balaban J connectivity index is 1.29. The largest absolute Gasteiger partial charge is 0.356 e. The van der Waals surface area contributed by atoms with Gasteiger partial charge in [0.25, 0.3) is 0 Å². The summed E-state index contributed by atoms with van der Waals surface area (Å²) in [5.41, 5.74) is 0.940. The zero-order valence-corrected chi connectivity index (χ0v) is 13.8. The van der Waals surface area contributed by atoms with Gasteiger partial charge in [0.1, 0.15) is 17.8 Å². The monoisotopic (exact) mass is 311 g/mol. The van der Waals surface area contributed by atoms with Gasteiger partial charge in [-0.15, -0.1) is 0 Å². The maximum Gasteiger partial charge on any atom is 0.142 e. The molecular formula is C18H25N5. The Morgan fingerprint density at radius 3 is 2.74 bits per heavy atom. The van der Waals surface area contributed by atoms with Crippen molar-refractivity contribution >= 4 is 16.9 Å². The average molecular weight is 311 g/mol. The molecule has 3 fully saturated rings. The van der Waals surface area contributed by atoms with Gasteiger partial charge in [-0.3, -0.25) is 0 Å². The van der Waals surface area contributed by atoms with E-state index in [1.807, 2.05) is 6.20 Å². The molecular weight excluding hydrogens is 286 g/mol. The summed E-state index contributed by atoms with van der Waals surface area (Å²) < 4.78 is 0. The highest BCUT2D eigenvalue weighted by molar-refractivity contribution is 5.87. The zero-order chi connectivity index (χ0) is 15.4. The Bertz CT molecular complexity index is 692. The average Bonchev–Trinajstić information content (AvgIpc) is 2.96. The molecule has 0 amide bonds. The molecule has 5 rings (SSSR count). The van der Waals surface area contributed by atoms with E-state index in [4.69, 9.17) is 0 Å². The number of anilines is 1. The molecule has 1 saturated heterocycles. The van der Waals surface area contributed by atoms with E-state index in [-0.39, 0.29) is 0 Å². The van der Waals surface area contributed by atoms with E-state index in [2.05, 4.69) is 37.9 Å². The van der Waals surface area contributed by atoms with E-state index in [0.29, 0.717) is 6.04 Å². The Morgan fingerprint density at radius 2 is 2.00 bits per heavy atom. The van der Waals surface area contributed by atoms with E-state index in [0.717, 1.165) is 34.6 Å². The maximum atomic E-state index is 4.56. The van der Waals surface area contributed by atoms with Crippen LogP contribution in [-0.4, -0.2) is 52.6 Å². The summed E-state index contributed by atoms with van der Waals surface area (Å²) >= 11 is 0. The van der Waals surface area contributed by atoms with E-state index in [9.17, 15) is 0 Å². The summed E-state index contributed by atoms with van der Waals surface area (Å²) in [4.78, 5) is 17.2. The van der Waals surface area contributed by atoms with E-state index in [1.165, 1.54) is 45.3 Å². The number of aromatic nitrogens is 3. The molecule has 0 spiro atoms. The van der Waals surface area contributed by atoms with Crippen molar-refractivity contribution in [2.24, 2.45) is 17.8 Å². The lowest BCUT2D eigenvalue weighted by Gasteiger charge is -2.28. The van der Waals surface area contributed by atoms with Crippen LogP contribution in [0, 0.1) is 17.8 Å². The van der Waals surface area contributed by atoms with Gasteiger partial charge in [0, 0.05) is 38.9 Å². The molecule has 0 unspecified atom stereocenters. The standard InChI is InChI=1S/C18H25N5/c1-22(18-16-4-5-19-17(16)20-11-21-18)15-6-13-9-23(8-12-2-3-12)10-14(13)7-15/h4-5,11-15H,2-3,6-10H2,1H3,(H,19,20,21)/t13-,14+,15+. The van der Waals surface area contributed by atoms with Crippen LogP contribution in [0.5, 0.6) is 0 Å². The third kappa shape index (κ3) is 2.42. The molecule has 2 aromatic rings. The molecule has 2 aliphatic carbocycles. The number of nitrogens with one attached hydrogen (secondary N) is 1. The fourth-order valence-corrected chi connectivity index (χ4v) is 4.81. The number of fused-ring (bicyclic) bond motifs is 2. The number of likely N-dealkylation sites (tertiary alicyclic amines) is 1. The molecule has 3 atom stereocenters. The number of hydrogen-bond acceptors (Lipinski definition) is 4. The molecule has 23 heavy (non-hydrogen) atoms. The minimum absolute atomic E-state index is 0.626. The molecule has 0 radical (unpaired) electrons. The predicted molar refractivity (Wildman–Crippen MR) is 91.5 cm³/mol. The first-order chi connectivity index (χ1) is 11.3. The van der Waals surface area contributed by atoms with Crippen molar-refractivity contribution in [1.82, 2.24) is 19.9 Å². The summed E-state index contributed by atoms with van der Waals surface area (Å²) in [6.07, 6.45) is 9.21. The smallest absolute Gasteiger partial charge is 0.142 e. The molecule has 5 nitrogen and oxygen atoms in total. The lowest BCUT2D eigenvalue weighted by molar-refractivity contribution is 0.294. The summed E-state index contributed by atoms with van der Waals surface area (Å²) in [7, 11) is 2.21. The van der Waals surface area contributed by atoms with Crippen LogP contribution in [0.3, 0.4) is 0 Å². The van der Waals surface area contributed by atoms with Gasteiger partial charge >= 0.3 is 0 Å². The summed E-state index contributed by atoms with van der Waals surface area (Å²) in [6, 6.07) is 2.72. The van der Waals surface area contributed by atoms with Gasteiger partial charge in [-0.05, 0) is 49.5 Å². The Kier molecular flexibility index (Phi) is 3.11. The predicted octanol–water partition coefficient (Wildman–Crippen LogP) is 2.51. The van der Waals surface area contributed by atoms with Gasteiger partial charge in [0.15, 0.2) is 0 Å². The highest BCUT2D eigenvalue weighted by atomic mass is 15.2. The number of hydrogen-bond donors (Lipinski definition) is 1. The first-order valence-corrected chi connectivity index (χ1v) is 9.01. The third-order valence-corrected chi connectivity index (χ3v) is 6.23. The van der Waals surface area contributed by atoms with Crippen molar-refractivity contribution in [3.05, 3.63) is 18.6 Å². The Hall–Kier alpha value is -1.62. The molecule has 1 aliphatic heterocycles. The quantitative estimate of drug-likeness (QED) is 0.942.